The van der Waals surface area contributed by atoms with Gasteiger partial charge < -0.3 is 16.0 Å². The van der Waals surface area contributed by atoms with Gasteiger partial charge in [0.15, 0.2) is 0 Å². The zero-order valence-corrected chi connectivity index (χ0v) is 14.9. The first kappa shape index (κ1) is 17.8. The Hall–Kier alpha value is -2.04. The van der Waals surface area contributed by atoms with Crippen LogP contribution >= 0.6 is 0 Å². The molecule has 1 saturated carbocycles. The van der Waals surface area contributed by atoms with Crippen LogP contribution in [0.1, 0.15) is 68.1 Å². The summed E-state index contributed by atoms with van der Waals surface area (Å²) in [6, 6.07) is 5.40. The lowest BCUT2D eigenvalue weighted by atomic mass is 9.87. The van der Waals surface area contributed by atoms with Crippen LogP contribution < -0.4 is 16.0 Å². The molecule has 1 aromatic rings. The van der Waals surface area contributed by atoms with Crippen molar-refractivity contribution >= 4 is 23.2 Å². The molecule has 1 aliphatic carbocycles. The highest BCUT2D eigenvalue weighted by atomic mass is 16.2. The van der Waals surface area contributed by atoms with Gasteiger partial charge in [-0.15, -0.1) is 0 Å². The van der Waals surface area contributed by atoms with Crippen LogP contribution in [0.2, 0.25) is 0 Å². The second kappa shape index (κ2) is 8.37. The number of carbonyl (C=O) groups is 2. The van der Waals surface area contributed by atoms with E-state index in [2.05, 4.69) is 10.2 Å². The van der Waals surface area contributed by atoms with E-state index in [4.69, 9.17) is 5.73 Å². The number of nitrogens with zero attached hydrogens (tertiary/aromatic N) is 1. The number of anilines is 2. The second-order valence-corrected chi connectivity index (χ2v) is 7.40. The summed E-state index contributed by atoms with van der Waals surface area (Å²) in [4.78, 5) is 26.4. The summed E-state index contributed by atoms with van der Waals surface area (Å²) in [5, 5.41) is 3.06. The Kier molecular flexibility index (Phi) is 5.95. The van der Waals surface area contributed by atoms with Crippen LogP contribution in [0.5, 0.6) is 0 Å². The maximum absolute atomic E-state index is 12.6. The van der Waals surface area contributed by atoms with Crippen LogP contribution in [0.4, 0.5) is 11.4 Å². The fourth-order valence-corrected chi connectivity index (χ4v) is 4.05. The first-order valence-electron chi connectivity index (χ1n) is 9.62. The third-order valence-electron chi connectivity index (χ3n) is 5.45. The molecule has 136 valence electrons. The molecule has 1 saturated heterocycles. The summed E-state index contributed by atoms with van der Waals surface area (Å²) < 4.78 is 0. The maximum Gasteiger partial charge on any atom is 0.248 e. The Morgan fingerprint density at radius 2 is 1.72 bits per heavy atom. The number of hydrogen-bond donors (Lipinski definition) is 2. The van der Waals surface area contributed by atoms with Crippen molar-refractivity contribution in [3.63, 3.8) is 0 Å². The lowest BCUT2D eigenvalue weighted by molar-refractivity contribution is -0.117. The summed E-state index contributed by atoms with van der Waals surface area (Å²) in [5.41, 5.74) is 7.59. The maximum atomic E-state index is 12.6. The monoisotopic (exact) mass is 343 g/mol. The molecule has 2 aliphatic rings. The van der Waals surface area contributed by atoms with E-state index in [-0.39, 0.29) is 5.91 Å². The van der Waals surface area contributed by atoms with E-state index in [9.17, 15) is 9.59 Å². The number of piperidine rings is 1. The highest BCUT2D eigenvalue weighted by molar-refractivity contribution is 5.99. The van der Waals surface area contributed by atoms with Gasteiger partial charge in [-0.25, -0.2) is 0 Å². The third-order valence-corrected chi connectivity index (χ3v) is 5.45. The molecule has 0 radical (unpaired) electrons. The van der Waals surface area contributed by atoms with E-state index < -0.39 is 5.91 Å². The van der Waals surface area contributed by atoms with Crippen LogP contribution in [-0.4, -0.2) is 24.9 Å². The fraction of sp³-hybridized carbons (Fsp3) is 0.600. The molecule has 0 atom stereocenters. The van der Waals surface area contributed by atoms with Crippen LogP contribution in [0.3, 0.4) is 0 Å². The Morgan fingerprint density at radius 3 is 2.40 bits per heavy atom. The topological polar surface area (TPSA) is 75.4 Å². The molecule has 1 aromatic carbocycles. The van der Waals surface area contributed by atoms with Crippen molar-refractivity contribution in [2.45, 2.75) is 57.8 Å². The summed E-state index contributed by atoms with van der Waals surface area (Å²) in [7, 11) is 0. The normalized spacial score (nSPS) is 18.8. The molecule has 0 aromatic heterocycles. The largest absolute Gasteiger partial charge is 0.370 e. The molecule has 5 nitrogen and oxygen atoms in total. The predicted molar refractivity (Wildman–Crippen MR) is 101 cm³/mol. The Labute approximate surface area is 150 Å². The average Bonchev–Trinajstić information content (AvgIpc) is 2.63. The second-order valence-electron chi connectivity index (χ2n) is 7.40. The number of hydrogen-bond acceptors (Lipinski definition) is 3. The fourth-order valence-electron chi connectivity index (χ4n) is 4.05. The van der Waals surface area contributed by atoms with Crippen LogP contribution in [-0.2, 0) is 4.79 Å². The van der Waals surface area contributed by atoms with Gasteiger partial charge in [0.1, 0.15) is 0 Å². The van der Waals surface area contributed by atoms with E-state index in [0.717, 1.165) is 50.1 Å². The first-order chi connectivity index (χ1) is 12.1. The van der Waals surface area contributed by atoms with Gasteiger partial charge in [-0.05, 0) is 56.2 Å². The van der Waals surface area contributed by atoms with Gasteiger partial charge in [0.2, 0.25) is 11.8 Å². The molecule has 1 aliphatic heterocycles. The van der Waals surface area contributed by atoms with Gasteiger partial charge in [-0.3, -0.25) is 9.59 Å². The molecule has 0 bridgehead atoms. The molecule has 25 heavy (non-hydrogen) atoms. The lowest BCUT2D eigenvalue weighted by Crippen LogP contribution is -2.31. The number of nitrogens with two attached hydrogens (primary N) is 1. The van der Waals surface area contributed by atoms with Crippen molar-refractivity contribution in [1.29, 1.82) is 0 Å². The molecule has 0 spiro atoms. The number of benzene rings is 1. The third kappa shape index (κ3) is 4.74. The number of carbonyl (C=O) groups excluding carboxylic acids is 2. The van der Waals surface area contributed by atoms with Gasteiger partial charge in [-0.1, -0.05) is 19.3 Å². The van der Waals surface area contributed by atoms with Gasteiger partial charge >= 0.3 is 0 Å². The molecular formula is C20H29N3O2. The molecular weight excluding hydrogens is 314 g/mol. The SMILES string of the molecule is NC(=O)c1ccc(N2CCCCC2)c(NC(=O)CC2CCCCC2)c1. The van der Waals surface area contributed by atoms with E-state index >= 15 is 0 Å². The lowest BCUT2D eigenvalue weighted by Gasteiger charge is -2.31. The highest BCUT2D eigenvalue weighted by Crippen LogP contribution is 2.31. The molecule has 1 heterocycles. The van der Waals surface area contributed by atoms with E-state index in [1.807, 2.05) is 6.07 Å². The van der Waals surface area contributed by atoms with Crippen molar-refractivity contribution in [2.24, 2.45) is 11.7 Å². The van der Waals surface area contributed by atoms with Gasteiger partial charge in [0.05, 0.1) is 11.4 Å². The minimum atomic E-state index is -0.465. The Morgan fingerprint density at radius 1 is 1.04 bits per heavy atom. The molecule has 2 amide bonds. The minimum Gasteiger partial charge on any atom is -0.370 e. The molecule has 0 unspecified atom stereocenters. The van der Waals surface area contributed by atoms with E-state index in [1.54, 1.807) is 12.1 Å². The van der Waals surface area contributed by atoms with Gasteiger partial charge in [0.25, 0.3) is 0 Å². The predicted octanol–water partition coefficient (Wildman–Crippen LogP) is 3.68. The Balaban J connectivity index is 1.75. The summed E-state index contributed by atoms with van der Waals surface area (Å²) >= 11 is 0. The highest BCUT2D eigenvalue weighted by Gasteiger charge is 2.20. The Bertz CT molecular complexity index is 617. The average molecular weight is 343 g/mol. The molecule has 3 N–H and O–H groups in total. The van der Waals surface area contributed by atoms with Crippen molar-refractivity contribution < 1.29 is 9.59 Å². The van der Waals surface area contributed by atoms with E-state index in [0.29, 0.717) is 17.9 Å². The summed E-state index contributed by atoms with van der Waals surface area (Å²) in [6.45, 7) is 1.98. The minimum absolute atomic E-state index is 0.0479. The van der Waals surface area contributed by atoms with Crippen molar-refractivity contribution in [3.8, 4) is 0 Å². The van der Waals surface area contributed by atoms with Gasteiger partial charge in [-0.2, -0.15) is 0 Å². The molecule has 5 heteroatoms. The van der Waals surface area contributed by atoms with E-state index in [1.165, 1.54) is 25.7 Å². The smallest absolute Gasteiger partial charge is 0.248 e. The van der Waals surface area contributed by atoms with Crippen LogP contribution in [0.25, 0.3) is 0 Å². The van der Waals surface area contributed by atoms with Crippen molar-refractivity contribution in [3.05, 3.63) is 23.8 Å². The number of nitrogens with one attached hydrogen (secondary N) is 1. The zero-order chi connectivity index (χ0) is 17.6. The standard InChI is InChI=1S/C20H29N3O2/c21-20(25)16-9-10-18(23-11-5-2-6-12-23)17(14-16)22-19(24)13-15-7-3-1-4-8-15/h9-10,14-15H,1-8,11-13H2,(H2,21,25)(H,22,24). The summed E-state index contributed by atoms with van der Waals surface area (Å²) in [5.74, 6) is 0.0752. The van der Waals surface area contributed by atoms with Crippen molar-refractivity contribution in [2.75, 3.05) is 23.3 Å². The number of amides is 2. The molecule has 3 rings (SSSR count). The first-order valence-corrected chi connectivity index (χ1v) is 9.62. The zero-order valence-electron chi connectivity index (χ0n) is 14.9. The van der Waals surface area contributed by atoms with Crippen molar-refractivity contribution in [1.82, 2.24) is 0 Å². The number of rotatable bonds is 5. The van der Waals surface area contributed by atoms with Crippen LogP contribution in [0, 0.1) is 5.92 Å². The molecule has 2 fully saturated rings. The number of primary amides is 1. The quantitative estimate of drug-likeness (QED) is 0.856. The summed E-state index contributed by atoms with van der Waals surface area (Å²) in [6.07, 6.45) is 10.2. The van der Waals surface area contributed by atoms with Gasteiger partial charge in [0, 0.05) is 25.1 Å². The van der Waals surface area contributed by atoms with Crippen LogP contribution in [0.15, 0.2) is 18.2 Å².